The SMILES string of the molecule is O=C(CNC1CC1)N1CCc2oc(-c3ccccc3)nc2C1. The van der Waals surface area contributed by atoms with Crippen LogP contribution < -0.4 is 5.32 Å². The molecule has 1 aromatic heterocycles. The summed E-state index contributed by atoms with van der Waals surface area (Å²) in [5.41, 5.74) is 1.87. The predicted molar refractivity (Wildman–Crippen MR) is 82.1 cm³/mol. The second kappa shape index (κ2) is 5.57. The van der Waals surface area contributed by atoms with Crippen LogP contribution >= 0.6 is 0 Å². The molecule has 0 saturated heterocycles. The standard InChI is InChI=1S/C17H19N3O2/c21-16(10-18-13-6-7-13)20-9-8-15-14(11-20)19-17(22-15)12-4-2-1-3-5-12/h1-5,13,18H,6-11H2. The molecule has 1 fully saturated rings. The molecular formula is C17H19N3O2. The molecule has 0 spiro atoms. The summed E-state index contributed by atoms with van der Waals surface area (Å²) in [5, 5.41) is 3.27. The van der Waals surface area contributed by atoms with Crippen molar-refractivity contribution in [2.75, 3.05) is 13.1 Å². The Labute approximate surface area is 129 Å². The number of carbonyl (C=O) groups is 1. The minimum Gasteiger partial charge on any atom is -0.441 e. The van der Waals surface area contributed by atoms with E-state index < -0.39 is 0 Å². The van der Waals surface area contributed by atoms with Gasteiger partial charge in [0.05, 0.1) is 13.1 Å². The lowest BCUT2D eigenvalue weighted by Gasteiger charge is -2.25. The third kappa shape index (κ3) is 2.76. The van der Waals surface area contributed by atoms with Gasteiger partial charge in [-0.2, -0.15) is 0 Å². The molecule has 2 aromatic rings. The Morgan fingerprint density at radius 2 is 2.14 bits per heavy atom. The maximum absolute atomic E-state index is 12.2. The fourth-order valence-corrected chi connectivity index (χ4v) is 2.75. The second-order valence-corrected chi connectivity index (χ2v) is 5.98. The van der Waals surface area contributed by atoms with Gasteiger partial charge in [0.15, 0.2) is 0 Å². The van der Waals surface area contributed by atoms with Crippen LogP contribution in [0.5, 0.6) is 0 Å². The average molecular weight is 297 g/mol. The Kier molecular flexibility index (Phi) is 3.42. The van der Waals surface area contributed by atoms with E-state index in [2.05, 4.69) is 10.3 Å². The molecule has 5 heteroatoms. The smallest absolute Gasteiger partial charge is 0.236 e. The first-order chi connectivity index (χ1) is 10.8. The van der Waals surface area contributed by atoms with E-state index in [0.717, 1.165) is 23.4 Å². The van der Waals surface area contributed by atoms with Crippen molar-refractivity contribution in [1.82, 2.24) is 15.2 Å². The van der Waals surface area contributed by atoms with Crippen LogP contribution in [0.2, 0.25) is 0 Å². The normalized spacial score (nSPS) is 17.4. The minimum atomic E-state index is 0.154. The van der Waals surface area contributed by atoms with Gasteiger partial charge in [0.25, 0.3) is 0 Å². The van der Waals surface area contributed by atoms with Crippen LogP contribution in [0.25, 0.3) is 11.5 Å². The Hall–Kier alpha value is -2.14. The quantitative estimate of drug-likeness (QED) is 0.937. The van der Waals surface area contributed by atoms with Crippen molar-refractivity contribution in [3.05, 3.63) is 41.8 Å². The highest BCUT2D eigenvalue weighted by atomic mass is 16.4. The van der Waals surface area contributed by atoms with E-state index in [9.17, 15) is 4.79 Å². The molecule has 1 aromatic carbocycles. The molecule has 0 unspecified atom stereocenters. The Morgan fingerprint density at radius 3 is 2.91 bits per heavy atom. The van der Waals surface area contributed by atoms with Crippen LogP contribution in [0.1, 0.15) is 24.3 Å². The predicted octanol–water partition coefficient (Wildman–Crippen LogP) is 1.98. The highest BCUT2D eigenvalue weighted by molar-refractivity contribution is 5.78. The third-order valence-electron chi connectivity index (χ3n) is 4.22. The van der Waals surface area contributed by atoms with Crippen LogP contribution in [0.4, 0.5) is 0 Å². The number of benzene rings is 1. The Morgan fingerprint density at radius 1 is 1.32 bits per heavy atom. The first-order valence-corrected chi connectivity index (χ1v) is 7.85. The summed E-state index contributed by atoms with van der Waals surface area (Å²) in [6, 6.07) is 10.4. The molecule has 2 heterocycles. The van der Waals surface area contributed by atoms with Gasteiger partial charge >= 0.3 is 0 Å². The Bertz CT molecular complexity index is 676. The number of fused-ring (bicyclic) bond motifs is 1. The van der Waals surface area contributed by atoms with E-state index in [-0.39, 0.29) is 5.91 Å². The number of carbonyl (C=O) groups excluding carboxylic acids is 1. The summed E-state index contributed by atoms with van der Waals surface area (Å²) >= 11 is 0. The summed E-state index contributed by atoms with van der Waals surface area (Å²) < 4.78 is 5.86. The van der Waals surface area contributed by atoms with Crippen molar-refractivity contribution in [2.24, 2.45) is 0 Å². The highest BCUT2D eigenvalue weighted by Crippen LogP contribution is 2.26. The molecule has 1 N–H and O–H groups in total. The number of aromatic nitrogens is 1. The number of nitrogens with one attached hydrogen (secondary N) is 1. The first-order valence-electron chi connectivity index (χ1n) is 7.85. The minimum absolute atomic E-state index is 0.154. The zero-order valence-electron chi connectivity index (χ0n) is 12.4. The summed E-state index contributed by atoms with van der Waals surface area (Å²) in [7, 11) is 0. The van der Waals surface area contributed by atoms with Crippen molar-refractivity contribution < 1.29 is 9.21 Å². The van der Waals surface area contributed by atoms with Crippen LogP contribution in [0.15, 0.2) is 34.7 Å². The number of nitrogens with zero attached hydrogens (tertiary/aromatic N) is 2. The zero-order valence-corrected chi connectivity index (χ0v) is 12.4. The zero-order chi connectivity index (χ0) is 14.9. The summed E-state index contributed by atoms with van der Waals surface area (Å²) in [6.07, 6.45) is 3.13. The van der Waals surface area contributed by atoms with Gasteiger partial charge in [-0.25, -0.2) is 4.98 Å². The van der Waals surface area contributed by atoms with Crippen LogP contribution in [-0.2, 0) is 17.8 Å². The van der Waals surface area contributed by atoms with E-state index in [0.29, 0.717) is 31.6 Å². The maximum atomic E-state index is 12.2. The summed E-state index contributed by atoms with van der Waals surface area (Å²) in [6.45, 7) is 1.70. The summed E-state index contributed by atoms with van der Waals surface area (Å²) in [4.78, 5) is 18.7. The lowest BCUT2D eigenvalue weighted by atomic mass is 10.1. The van der Waals surface area contributed by atoms with Crippen molar-refractivity contribution >= 4 is 5.91 Å². The molecule has 1 aliphatic carbocycles. The molecule has 114 valence electrons. The molecule has 1 saturated carbocycles. The number of hydrogen-bond acceptors (Lipinski definition) is 4. The molecule has 22 heavy (non-hydrogen) atoms. The Balaban J connectivity index is 1.46. The van der Waals surface area contributed by atoms with E-state index in [1.807, 2.05) is 35.2 Å². The number of hydrogen-bond donors (Lipinski definition) is 1. The highest BCUT2D eigenvalue weighted by Gasteiger charge is 2.27. The molecule has 4 rings (SSSR count). The molecule has 1 aliphatic heterocycles. The monoisotopic (exact) mass is 297 g/mol. The lowest BCUT2D eigenvalue weighted by molar-refractivity contribution is -0.131. The fraction of sp³-hybridized carbons (Fsp3) is 0.412. The number of oxazole rings is 1. The molecule has 5 nitrogen and oxygen atoms in total. The largest absolute Gasteiger partial charge is 0.441 e. The topological polar surface area (TPSA) is 58.4 Å². The van der Waals surface area contributed by atoms with Crippen molar-refractivity contribution in [2.45, 2.75) is 31.8 Å². The fourth-order valence-electron chi connectivity index (χ4n) is 2.75. The number of amides is 1. The van der Waals surface area contributed by atoms with Gasteiger partial charge in [-0.05, 0) is 25.0 Å². The van der Waals surface area contributed by atoms with Gasteiger partial charge in [-0.1, -0.05) is 18.2 Å². The van der Waals surface area contributed by atoms with Gasteiger partial charge in [-0.3, -0.25) is 4.79 Å². The van der Waals surface area contributed by atoms with Crippen molar-refractivity contribution in [3.8, 4) is 11.5 Å². The molecule has 0 atom stereocenters. The van der Waals surface area contributed by atoms with Gasteiger partial charge in [0.1, 0.15) is 11.5 Å². The van der Waals surface area contributed by atoms with Gasteiger partial charge in [-0.15, -0.1) is 0 Å². The summed E-state index contributed by atoms with van der Waals surface area (Å²) in [5.74, 6) is 1.72. The van der Waals surface area contributed by atoms with Crippen molar-refractivity contribution in [3.63, 3.8) is 0 Å². The van der Waals surface area contributed by atoms with Gasteiger partial charge in [0, 0.05) is 24.6 Å². The van der Waals surface area contributed by atoms with Gasteiger partial charge < -0.3 is 14.6 Å². The maximum Gasteiger partial charge on any atom is 0.236 e. The molecule has 0 bridgehead atoms. The second-order valence-electron chi connectivity index (χ2n) is 5.98. The van der Waals surface area contributed by atoms with Gasteiger partial charge in [0.2, 0.25) is 11.8 Å². The average Bonchev–Trinajstić information content (AvgIpc) is 3.29. The van der Waals surface area contributed by atoms with Crippen molar-refractivity contribution in [1.29, 1.82) is 0 Å². The number of rotatable bonds is 4. The first kappa shape index (κ1) is 13.5. The van der Waals surface area contributed by atoms with E-state index in [1.54, 1.807) is 0 Å². The third-order valence-corrected chi connectivity index (χ3v) is 4.22. The van der Waals surface area contributed by atoms with Crippen LogP contribution in [0.3, 0.4) is 0 Å². The van der Waals surface area contributed by atoms with Crippen LogP contribution in [-0.4, -0.2) is 34.9 Å². The molecular weight excluding hydrogens is 278 g/mol. The molecule has 2 aliphatic rings. The van der Waals surface area contributed by atoms with E-state index in [1.165, 1.54) is 12.8 Å². The van der Waals surface area contributed by atoms with Crippen LogP contribution in [0, 0.1) is 0 Å². The molecule has 0 radical (unpaired) electrons. The molecule has 1 amide bonds. The lowest BCUT2D eigenvalue weighted by Crippen LogP contribution is -2.41. The van der Waals surface area contributed by atoms with E-state index >= 15 is 0 Å². The van der Waals surface area contributed by atoms with E-state index in [4.69, 9.17) is 4.42 Å².